The second-order valence-electron chi connectivity index (χ2n) is 6.69. The van der Waals surface area contributed by atoms with Gasteiger partial charge in [0.05, 0.1) is 23.8 Å². The van der Waals surface area contributed by atoms with Gasteiger partial charge in [0.15, 0.2) is 0 Å². The van der Waals surface area contributed by atoms with E-state index in [2.05, 4.69) is 10.3 Å². The normalized spacial score (nSPS) is 30.3. The molecular weight excluding hydrogens is 310 g/mol. The van der Waals surface area contributed by atoms with Crippen molar-refractivity contribution in [2.75, 3.05) is 31.3 Å². The van der Waals surface area contributed by atoms with E-state index in [9.17, 15) is 10.1 Å². The third kappa shape index (κ3) is 2.37. The Balaban J connectivity index is 1.69. The molecule has 1 saturated carbocycles. The van der Waals surface area contributed by atoms with Crippen molar-refractivity contribution >= 4 is 11.4 Å². The lowest BCUT2D eigenvalue weighted by Gasteiger charge is -2.47. The molecular formula is C16H22N5O3+. The van der Waals surface area contributed by atoms with Crippen molar-refractivity contribution in [2.45, 2.75) is 37.4 Å². The predicted octanol–water partition coefficient (Wildman–Crippen LogP) is 1.34. The Morgan fingerprint density at radius 2 is 2.00 bits per heavy atom. The number of fused-ring (bicyclic) bond motifs is 1. The Bertz CT molecular complexity index is 644. The summed E-state index contributed by atoms with van der Waals surface area (Å²) in [6.45, 7) is 3.42. The fourth-order valence-electron chi connectivity index (χ4n) is 4.34. The Hall–Kier alpha value is -2.06. The lowest BCUT2D eigenvalue weighted by Crippen LogP contribution is -3.25. The number of rotatable bonds is 3. The van der Waals surface area contributed by atoms with Gasteiger partial charge >= 0.3 is 0 Å². The Morgan fingerprint density at radius 3 is 2.71 bits per heavy atom. The standard InChI is InChI=1S/C16H21N5O3/c22-21(23)14-6-4-13(5-7-14)20-16(19-9-11-24-12-10-19)8-2-1-3-15(16)17-18-20/h4-7,15H,1-3,8-12H2/p+1/t15-,16+/m0/s1. The van der Waals surface area contributed by atoms with Gasteiger partial charge in [-0.25, -0.2) is 0 Å². The number of non-ortho nitro benzene ring substituents is 1. The highest BCUT2D eigenvalue weighted by Crippen LogP contribution is 2.40. The number of nitro benzene ring substituents is 1. The Kier molecular flexibility index (Phi) is 3.93. The van der Waals surface area contributed by atoms with Crippen molar-refractivity contribution in [3.05, 3.63) is 34.4 Å². The number of nitrogens with one attached hydrogen (secondary N) is 1. The van der Waals surface area contributed by atoms with Crippen molar-refractivity contribution in [3.8, 4) is 0 Å². The summed E-state index contributed by atoms with van der Waals surface area (Å²) in [5.74, 6) is 0. The first-order chi connectivity index (χ1) is 11.7. The van der Waals surface area contributed by atoms with Gasteiger partial charge in [-0.05, 0) is 25.0 Å². The molecule has 128 valence electrons. The molecule has 1 aromatic carbocycles. The summed E-state index contributed by atoms with van der Waals surface area (Å²) in [6, 6.07) is 6.85. The molecule has 0 bridgehead atoms. The number of nitro groups is 1. The molecule has 1 aliphatic carbocycles. The summed E-state index contributed by atoms with van der Waals surface area (Å²) in [7, 11) is 0. The predicted molar refractivity (Wildman–Crippen MR) is 86.9 cm³/mol. The zero-order valence-corrected chi connectivity index (χ0v) is 13.6. The van der Waals surface area contributed by atoms with Gasteiger partial charge in [-0.3, -0.25) is 10.1 Å². The minimum atomic E-state index is -0.373. The van der Waals surface area contributed by atoms with Gasteiger partial charge in [0, 0.05) is 18.6 Å². The van der Waals surface area contributed by atoms with Crippen molar-refractivity contribution < 1.29 is 14.6 Å². The van der Waals surface area contributed by atoms with Crippen LogP contribution in [-0.2, 0) is 4.74 Å². The topological polar surface area (TPSA) is 84.8 Å². The lowest BCUT2D eigenvalue weighted by atomic mass is 9.82. The molecule has 24 heavy (non-hydrogen) atoms. The van der Waals surface area contributed by atoms with Gasteiger partial charge in [-0.1, -0.05) is 11.6 Å². The first kappa shape index (κ1) is 15.5. The van der Waals surface area contributed by atoms with E-state index in [1.165, 1.54) is 11.3 Å². The van der Waals surface area contributed by atoms with Crippen LogP contribution in [0.3, 0.4) is 0 Å². The van der Waals surface area contributed by atoms with Gasteiger partial charge in [0.1, 0.15) is 19.1 Å². The molecule has 0 aromatic heterocycles. The molecule has 3 aliphatic rings. The minimum Gasteiger partial charge on any atom is -0.370 e. The van der Waals surface area contributed by atoms with E-state index >= 15 is 0 Å². The highest BCUT2D eigenvalue weighted by Gasteiger charge is 2.58. The molecule has 4 rings (SSSR count). The van der Waals surface area contributed by atoms with Gasteiger partial charge in [-0.15, -0.1) is 0 Å². The first-order valence-corrected chi connectivity index (χ1v) is 8.60. The first-order valence-electron chi connectivity index (χ1n) is 8.60. The van der Waals surface area contributed by atoms with Crippen molar-refractivity contribution in [1.29, 1.82) is 0 Å². The van der Waals surface area contributed by atoms with Crippen LogP contribution >= 0.6 is 0 Å². The van der Waals surface area contributed by atoms with E-state index in [1.807, 2.05) is 5.01 Å². The average Bonchev–Trinajstić information content (AvgIpc) is 3.03. The fourth-order valence-corrected chi connectivity index (χ4v) is 4.34. The SMILES string of the molecule is O=[N+]([O-])c1ccc(N2N=N[C@H]3CCCC[C@]32[NH+]2CCOCC2)cc1. The molecule has 2 heterocycles. The molecule has 1 N–H and O–H groups in total. The lowest BCUT2D eigenvalue weighted by molar-refractivity contribution is -0.960. The fraction of sp³-hybridized carbons (Fsp3) is 0.625. The van der Waals surface area contributed by atoms with Crippen LogP contribution in [0.15, 0.2) is 34.6 Å². The molecule has 2 fully saturated rings. The van der Waals surface area contributed by atoms with E-state index in [1.54, 1.807) is 24.3 Å². The number of ether oxygens (including phenoxy) is 1. The summed E-state index contributed by atoms with van der Waals surface area (Å²) in [4.78, 5) is 12.0. The molecule has 2 aliphatic heterocycles. The number of quaternary nitrogens is 1. The number of anilines is 1. The molecule has 0 radical (unpaired) electrons. The second-order valence-corrected chi connectivity index (χ2v) is 6.69. The van der Waals surface area contributed by atoms with E-state index in [-0.39, 0.29) is 22.3 Å². The van der Waals surface area contributed by atoms with Crippen molar-refractivity contribution in [1.82, 2.24) is 0 Å². The number of hydrogen-bond acceptors (Lipinski definition) is 6. The van der Waals surface area contributed by atoms with Gasteiger partial charge in [-0.2, -0.15) is 10.1 Å². The number of benzene rings is 1. The van der Waals surface area contributed by atoms with E-state index < -0.39 is 0 Å². The quantitative estimate of drug-likeness (QED) is 0.668. The molecule has 1 aromatic rings. The summed E-state index contributed by atoms with van der Waals surface area (Å²) in [6.07, 6.45) is 4.44. The highest BCUT2D eigenvalue weighted by atomic mass is 16.6. The summed E-state index contributed by atoms with van der Waals surface area (Å²) in [5.41, 5.74) is 0.814. The molecule has 0 unspecified atom stereocenters. The van der Waals surface area contributed by atoms with Crippen LogP contribution in [0.2, 0.25) is 0 Å². The maximum absolute atomic E-state index is 10.9. The Morgan fingerprint density at radius 1 is 1.25 bits per heavy atom. The van der Waals surface area contributed by atoms with Crippen LogP contribution in [0, 0.1) is 10.1 Å². The molecule has 1 saturated heterocycles. The number of morpholine rings is 1. The molecule has 8 nitrogen and oxygen atoms in total. The Labute approximate surface area is 140 Å². The van der Waals surface area contributed by atoms with Crippen LogP contribution in [0.1, 0.15) is 25.7 Å². The van der Waals surface area contributed by atoms with E-state index in [4.69, 9.17) is 4.74 Å². The van der Waals surface area contributed by atoms with E-state index in [0.29, 0.717) is 0 Å². The molecule has 0 spiro atoms. The monoisotopic (exact) mass is 332 g/mol. The average molecular weight is 332 g/mol. The van der Waals surface area contributed by atoms with Crippen LogP contribution in [0.5, 0.6) is 0 Å². The summed E-state index contributed by atoms with van der Waals surface area (Å²) >= 11 is 0. The van der Waals surface area contributed by atoms with Crippen LogP contribution in [-0.4, -0.2) is 42.9 Å². The third-order valence-electron chi connectivity index (χ3n) is 5.51. The molecule has 8 heteroatoms. The van der Waals surface area contributed by atoms with Crippen LogP contribution < -0.4 is 9.91 Å². The van der Waals surface area contributed by atoms with Crippen molar-refractivity contribution in [3.63, 3.8) is 0 Å². The van der Waals surface area contributed by atoms with Crippen molar-refractivity contribution in [2.24, 2.45) is 10.3 Å². The van der Waals surface area contributed by atoms with Crippen LogP contribution in [0.25, 0.3) is 0 Å². The van der Waals surface area contributed by atoms with E-state index in [0.717, 1.165) is 51.3 Å². The smallest absolute Gasteiger partial charge is 0.269 e. The summed E-state index contributed by atoms with van der Waals surface area (Å²) in [5, 5.41) is 22.0. The largest absolute Gasteiger partial charge is 0.370 e. The number of hydrogen-bond donors (Lipinski definition) is 1. The zero-order chi connectivity index (χ0) is 16.6. The summed E-state index contributed by atoms with van der Waals surface area (Å²) < 4.78 is 5.54. The maximum atomic E-state index is 10.9. The molecule has 0 amide bonds. The highest BCUT2D eigenvalue weighted by molar-refractivity contribution is 5.52. The second kappa shape index (κ2) is 6.10. The maximum Gasteiger partial charge on any atom is 0.269 e. The van der Waals surface area contributed by atoms with Gasteiger partial charge in [0.2, 0.25) is 5.66 Å². The number of nitrogens with zero attached hydrogens (tertiary/aromatic N) is 4. The van der Waals surface area contributed by atoms with Crippen LogP contribution in [0.4, 0.5) is 11.4 Å². The van der Waals surface area contributed by atoms with Gasteiger partial charge < -0.3 is 9.64 Å². The van der Waals surface area contributed by atoms with Gasteiger partial charge in [0.25, 0.3) is 5.69 Å². The third-order valence-corrected chi connectivity index (χ3v) is 5.51. The minimum absolute atomic E-state index is 0.0999. The zero-order valence-electron chi connectivity index (χ0n) is 13.6. The molecule has 2 atom stereocenters.